The quantitative estimate of drug-likeness (QED) is 0.398. The van der Waals surface area contributed by atoms with E-state index in [0.29, 0.717) is 5.92 Å². The highest BCUT2D eigenvalue weighted by atomic mass is 127. The normalized spacial score (nSPS) is 12.5. The monoisotopic (exact) mass is 469 g/mol. The molecule has 1 aromatic heterocycles. The molecule has 144 valence electrons. The molecule has 6 heteroatoms. The second-order valence-electron chi connectivity index (χ2n) is 6.93. The maximum atomic E-state index is 4.55. The molecule has 0 amide bonds. The van der Waals surface area contributed by atoms with Gasteiger partial charge in [-0.2, -0.15) is 5.10 Å². The third-order valence-electron chi connectivity index (χ3n) is 4.44. The van der Waals surface area contributed by atoms with Gasteiger partial charge in [-0.05, 0) is 43.9 Å². The third-order valence-corrected chi connectivity index (χ3v) is 4.44. The fourth-order valence-corrected chi connectivity index (χ4v) is 2.99. The number of hydrogen-bond donors (Lipinski definition) is 1. The minimum Gasteiger partial charge on any atom is -0.356 e. The number of hydrogen-bond acceptors (Lipinski definition) is 2. The van der Waals surface area contributed by atoms with E-state index >= 15 is 0 Å². The van der Waals surface area contributed by atoms with Crippen molar-refractivity contribution in [2.45, 2.75) is 40.8 Å². The summed E-state index contributed by atoms with van der Waals surface area (Å²) in [6.45, 7) is 11.1. The smallest absolute Gasteiger partial charge is 0.193 e. The highest BCUT2D eigenvalue weighted by molar-refractivity contribution is 14.0. The van der Waals surface area contributed by atoms with Crippen LogP contribution in [0.5, 0.6) is 0 Å². The van der Waals surface area contributed by atoms with Crippen LogP contribution in [-0.2, 0) is 13.1 Å². The van der Waals surface area contributed by atoms with E-state index in [-0.39, 0.29) is 24.0 Å². The van der Waals surface area contributed by atoms with Gasteiger partial charge < -0.3 is 10.2 Å². The largest absolute Gasteiger partial charge is 0.356 e. The topological polar surface area (TPSA) is 45.5 Å². The van der Waals surface area contributed by atoms with Crippen molar-refractivity contribution in [3.8, 4) is 0 Å². The Balaban J connectivity index is 0.00000338. The lowest BCUT2D eigenvalue weighted by Crippen LogP contribution is -2.41. The predicted molar refractivity (Wildman–Crippen MR) is 120 cm³/mol. The SMILES string of the molecule is CN=C(NCC(C)Cn1nc(C)cc1C)N(C)Cc1ccccc1C.I. The Morgan fingerprint density at radius 2 is 1.96 bits per heavy atom. The van der Waals surface area contributed by atoms with Gasteiger partial charge in [-0.3, -0.25) is 9.67 Å². The Hall–Kier alpha value is -1.57. The second kappa shape index (κ2) is 10.5. The van der Waals surface area contributed by atoms with Gasteiger partial charge in [-0.1, -0.05) is 31.2 Å². The molecule has 1 atom stereocenters. The standard InChI is InChI=1S/C20H31N5.HI/c1-15(13-25-18(4)11-17(3)23-25)12-22-20(21-5)24(6)14-19-10-8-7-9-16(19)2;/h7-11,15H,12-14H2,1-6H3,(H,21,22);1H. The molecule has 1 N–H and O–H groups in total. The van der Waals surface area contributed by atoms with Crippen molar-refractivity contribution in [1.29, 1.82) is 0 Å². The minimum absolute atomic E-state index is 0. The average Bonchev–Trinajstić information content (AvgIpc) is 2.87. The van der Waals surface area contributed by atoms with E-state index in [4.69, 9.17) is 0 Å². The van der Waals surface area contributed by atoms with Crippen LogP contribution in [0.1, 0.15) is 29.4 Å². The highest BCUT2D eigenvalue weighted by Gasteiger charge is 2.11. The summed E-state index contributed by atoms with van der Waals surface area (Å²) in [6, 6.07) is 10.6. The van der Waals surface area contributed by atoms with Gasteiger partial charge in [-0.15, -0.1) is 24.0 Å². The summed E-state index contributed by atoms with van der Waals surface area (Å²) >= 11 is 0. The number of halogens is 1. The van der Waals surface area contributed by atoms with E-state index in [9.17, 15) is 0 Å². The molecule has 0 saturated carbocycles. The summed E-state index contributed by atoms with van der Waals surface area (Å²) in [5.74, 6) is 1.38. The van der Waals surface area contributed by atoms with E-state index < -0.39 is 0 Å². The lowest BCUT2D eigenvalue weighted by Gasteiger charge is -2.24. The summed E-state index contributed by atoms with van der Waals surface area (Å²) in [6.07, 6.45) is 0. The number of rotatable bonds is 6. The van der Waals surface area contributed by atoms with Gasteiger partial charge in [0, 0.05) is 39.4 Å². The third kappa shape index (κ3) is 6.30. The summed E-state index contributed by atoms with van der Waals surface area (Å²) in [7, 11) is 3.91. The number of aromatic nitrogens is 2. The first kappa shape index (κ1) is 22.5. The number of benzene rings is 1. The van der Waals surface area contributed by atoms with Gasteiger partial charge in [0.1, 0.15) is 0 Å². The number of nitrogens with one attached hydrogen (secondary N) is 1. The molecule has 0 aliphatic rings. The molecule has 0 aliphatic heterocycles. The Labute approximate surface area is 174 Å². The first-order valence-corrected chi connectivity index (χ1v) is 8.88. The van der Waals surface area contributed by atoms with E-state index in [2.05, 4.69) is 83.1 Å². The van der Waals surface area contributed by atoms with E-state index in [1.54, 1.807) is 0 Å². The maximum absolute atomic E-state index is 4.55. The molecular weight excluding hydrogens is 437 g/mol. The van der Waals surface area contributed by atoms with Gasteiger partial charge in [0.15, 0.2) is 5.96 Å². The Kier molecular flexibility index (Phi) is 9.12. The predicted octanol–water partition coefficient (Wildman–Crippen LogP) is 3.77. The van der Waals surface area contributed by atoms with Crippen LogP contribution in [0.4, 0.5) is 0 Å². The van der Waals surface area contributed by atoms with Crippen molar-refractivity contribution >= 4 is 29.9 Å². The molecule has 0 fully saturated rings. The van der Waals surface area contributed by atoms with E-state index in [1.165, 1.54) is 16.8 Å². The molecule has 26 heavy (non-hydrogen) atoms. The zero-order valence-corrected chi connectivity index (χ0v) is 19.1. The summed E-state index contributed by atoms with van der Waals surface area (Å²) < 4.78 is 2.08. The molecule has 1 unspecified atom stereocenters. The average molecular weight is 469 g/mol. The van der Waals surface area contributed by atoms with Gasteiger partial charge in [-0.25, -0.2) is 0 Å². The molecule has 1 aromatic carbocycles. The number of aryl methyl sites for hydroxylation is 3. The van der Waals surface area contributed by atoms with Crippen LogP contribution in [0.3, 0.4) is 0 Å². The molecule has 0 saturated heterocycles. The molecule has 0 radical (unpaired) electrons. The molecular formula is C20H32IN5. The van der Waals surface area contributed by atoms with Gasteiger partial charge >= 0.3 is 0 Å². The maximum Gasteiger partial charge on any atom is 0.193 e. The van der Waals surface area contributed by atoms with Crippen molar-refractivity contribution in [3.63, 3.8) is 0 Å². The van der Waals surface area contributed by atoms with Gasteiger partial charge in [0.05, 0.1) is 5.69 Å². The molecule has 2 aromatic rings. The van der Waals surface area contributed by atoms with Crippen molar-refractivity contribution < 1.29 is 0 Å². The zero-order valence-electron chi connectivity index (χ0n) is 16.8. The summed E-state index contributed by atoms with van der Waals surface area (Å²) in [5, 5.41) is 8.04. The van der Waals surface area contributed by atoms with Gasteiger partial charge in [0.2, 0.25) is 0 Å². The molecule has 5 nitrogen and oxygen atoms in total. The second-order valence-corrected chi connectivity index (χ2v) is 6.93. The summed E-state index contributed by atoms with van der Waals surface area (Å²) in [5.41, 5.74) is 4.92. The minimum atomic E-state index is 0. The van der Waals surface area contributed by atoms with Crippen LogP contribution in [0.2, 0.25) is 0 Å². The molecule has 0 aliphatic carbocycles. The number of aliphatic imine (C=N–C) groups is 1. The van der Waals surface area contributed by atoms with Crippen molar-refractivity contribution in [2.75, 3.05) is 20.6 Å². The van der Waals surface area contributed by atoms with Crippen LogP contribution in [-0.4, -0.2) is 41.3 Å². The Morgan fingerprint density at radius 1 is 1.27 bits per heavy atom. The van der Waals surface area contributed by atoms with Crippen LogP contribution >= 0.6 is 24.0 Å². The van der Waals surface area contributed by atoms with Crippen molar-refractivity contribution in [2.24, 2.45) is 10.9 Å². The van der Waals surface area contributed by atoms with E-state index in [0.717, 1.165) is 31.3 Å². The zero-order chi connectivity index (χ0) is 18.4. The Bertz CT molecular complexity index is 723. The van der Waals surface area contributed by atoms with Crippen LogP contribution < -0.4 is 5.32 Å². The van der Waals surface area contributed by atoms with Gasteiger partial charge in [0.25, 0.3) is 0 Å². The first-order chi connectivity index (χ1) is 11.9. The van der Waals surface area contributed by atoms with Crippen molar-refractivity contribution in [1.82, 2.24) is 20.0 Å². The highest BCUT2D eigenvalue weighted by Crippen LogP contribution is 2.10. The molecule has 0 bridgehead atoms. The molecule has 1 heterocycles. The molecule has 0 spiro atoms. The van der Waals surface area contributed by atoms with Crippen molar-refractivity contribution in [3.05, 3.63) is 52.8 Å². The fraction of sp³-hybridized carbons (Fsp3) is 0.500. The Morgan fingerprint density at radius 3 is 2.54 bits per heavy atom. The van der Waals surface area contributed by atoms with Crippen LogP contribution in [0, 0.1) is 26.7 Å². The summed E-state index contributed by atoms with van der Waals surface area (Å²) in [4.78, 5) is 6.59. The lowest BCUT2D eigenvalue weighted by atomic mass is 10.1. The number of guanidine groups is 1. The molecule has 2 rings (SSSR count). The fourth-order valence-electron chi connectivity index (χ4n) is 2.99. The van der Waals surface area contributed by atoms with Crippen LogP contribution in [0.15, 0.2) is 35.3 Å². The lowest BCUT2D eigenvalue weighted by molar-refractivity contribution is 0.418. The first-order valence-electron chi connectivity index (χ1n) is 8.88. The number of nitrogens with zero attached hydrogens (tertiary/aromatic N) is 4. The van der Waals surface area contributed by atoms with E-state index in [1.807, 2.05) is 14.0 Å². The van der Waals surface area contributed by atoms with Crippen LogP contribution in [0.25, 0.3) is 0 Å².